The van der Waals surface area contributed by atoms with E-state index in [4.69, 9.17) is 11.6 Å². The molecule has 19 heavy (non-hydrogen) atoms. The number of pyridine rings is 1. The molecule has 0 aliphatic heterocycles. The zero-order valence-corrected chi connectivity index (χ0v) is 12.2. The summed E-state index contributed by atoms with van der Waals surface area (Å²) in [6.45, 7) is 2.61. The van der Waals surface area contributed by atoms with Crippen molar-refractivity contribution in [2.45, 2.75) is 19.8 Å². The fourth-order valence-electron chi connectivity index (χ4n) is 1.72. The highest BCUT2D eigenvalue weighted by Gasteiger charge is 2.08. The van der Waals surface area contributed by atoms with E-state index in [1.54, 1.807) is 23.5 Å². The van der Waals surface area contributed by atoms with Crippen LogP contribution in [0.25, 0.3) is 0 Å². The molecule has 0 saturated heterocycles. The lowest BCUT2D eigenvalue weighted by molar-refractivity contribution is 0.0954. The molecule has 0 unspecified atom stereocenters. The van der Waals surface area contributed by atoms with Gasteiger partial charge >= 0.3 is 0 Å². The van der Waals surface area contributed by atoms with Gasteiger partial charge in [-0.15, -0.1) is 11.3 Å². The number of aromatic nitrogens is 1. The highest BCUT2D eigenvalue weighted by Crippen LogP contribution is 2.12. The van der Waals surface area contributed by atoms with E-state index in [2.05, 4.69) is 16.4 Å². The summed E-state index contributed by atoms with van der Waals surface area (Å²) in [4.78, 5) is 17.4. The van der Waals surface area contributed by atoms with Gasteiger partial charge in [0.05, 0.1) is 0 Å². The van der Waals surface area contributed by atoms with E-state index in [1.165, 1.54) is 4.88 Å². The summed E-state index contributed by atoms with van der Waals surface area (Å²) in [5.74, 6) is -0.101. The number of rotatable bonds is 5. The Kier molecular flexibility index (Phi) is 4.93. The average molecular weight is 295 g/mol. The Morgan fingerprint density at radius 2 is 2.32 bits per heavy atom. The van der Waals surface area contributed by atoms with E-state index in [-0.39, 0.29) is 5.91 Å². The summed E-state index contributed by atoms with van der Waals surface area (Å²) >= 11 is 7.60. The highest BCUT2D eigenvalue weighted by molar-refractivity contribution is 7.09. The number of hydrogen-bond acceptors (Lipinski definition) is 3. The standard InChI is InChI=1S/C14H15ClN2OS/c1-2-11-8-10(9-13(15)17-11)14(18)16-6-5-12-4-3-7-19-12/h3-4,7-9H,2,5-6H2,1H3,(H,16,18). The van der Waals surface area contributed by atoms with Crippen LogP contribution in [0.5, 0.6) is 0 Å². The molecular formula is C14H15ClN2OS. The summed E-state index contributed by atoms with van der Waals surface area (Å²) in [6.07, 6.45) is 1.61. The normalized spacial score (nSPS) is 10.4. The molecule has 1 N–H and O–H groups in total. The van der Waals surface area contributed by atoms with Crippen LogP contribution >= 0.6 is 22.9 Å². The van der Waals surface area contributed by atoms with Gasteiger partial charge in [-0.2, -0.15) is 0 Å². The van der Waals surface area contributed by atoms with Crippen molar-refractivity contribution >= 4 is 28.8 Å². The summed E-state index contributed by atoms with van der Waals surface area (Å²) < 4.78 is 0. The molecule has 1 amide bonds. The van der Waals surface area contributed by atoms with E-state index < -0.39 is 0 Å². The van der Waals surface area contributed by atoms with Gasteiger partial charge in [0.1, 0.15) is 5.15 Å². The number of amides is 1. The molecule has 0 saturated carbocycles. The highest BCUT2D eigenvalue weighted by atomic mass is 35.5. The predicted molar refractivity (Wildman–Crippen MR) is 79.0 cm³/mol. The predicted octanol–water partition coefficient (Wildman–Crippen LogP) is 3.33. The van der Waals surface area contributed by atoms with Gasteiger partial charge in [-0.05, 0) is 36.4 Å². The van der Waals surface area contributed by atoms with Gasteiger partial charge in [0.15, 0.2) is 0 Å². The number of nitrogens with one attached hydrogen (secondary N) is 1. The molecule has 0 radical (unpaired) electrons. The molecule has 2 aromatic rings. The van der Waals surface area contributed by atoms with Crippen molar-refractivity contribution in [3.8, 4) is 0 Å². The van der Waals surface area contributed by atoms with Crippen molar-refractivity contribution in [3.05, 3.63) is 50.9 Å². The molecule has 2 rings (SSSR count). The van der Waals surface area contributed by atoms with Crippen molar-refractivity contribution in [2.75, 3.05) is 6.54 Å². The van der Waals surface area contributed by atoms with E-state index in [1.807, 2.05) is 18.4 Å². The maximum Gasteiger partial charge on any atom is 0.251 e. The lowest BCUT2D eigenvalue weighted by atomic mass is 10.2. The Morgan fingerprint density at radius 3 is 3.00 bits per heavy atom. The second kappa shape index (κ2) is 6.68. The Bertz CT molecular complexity index is 555. The second-order valence-corrected chi connectivity index (χ2v) is 5.53. The lowest BCUT2D eigenvalue weighted by Crippen LogP contribution is -2.25. The third-order valence-electron chi connectivity index (χ3n) is 2.71. The maximum absolute atomic E-state index is 12.0. The Morgan fingerprint density at radius 1 is 1.47 bits per heavy atom. The molecule has 0 spiro atoms. The molecule has 0 aromatic carbocycles. The summed E-state index contributed by atoms with van der Waals surface area (Å²) in [6, 6.07) is 7.46. The number of carbonyl (C=O) groups is 1. The quantitative estimate of drug-likeness (QED) is 0.860. The summed E-state index contributed by atoms with van der Waals surface area (Å²) in [5.41, 5.74) is 1.40. The fraction of sp³-hybridized carbons (Fsp3) is 0.286. The first kappa shape index (κ1) is 14.0. The average Bonchev–Trinajstić information content (AvgIpc) is 2.91. The maximum atomic E-state index is 12.0. The molecule has 3 nitrogen and oxygen atoms in total. The fourth-order valence-corrected chi connectivity index (χ4v) is 2.65. The zero-order valence-electron chi connectivity index (χ0n) is 10.6. The Balaban J connectivity index is 1.94. The number of carbonyl (C=O) groups excluding carboxylic acids is 1. The van der Waals surface area contributed by atoms with Gasteiger partial charge < -0.3 is 5.32 Å². The van der Waals surface area contributed by atoms with Gasteiger partial charge in [-0.3, -0.25) is 4.79 Å². The van der Waals surface area contributed by atoms with Crippen molar-refractivity contribution in [2.24, 2.45) is 0 Å². The van der Waals surface area contributed by atoms with Crippen LogP contribution in [-0.2, 0) is 12.8 Å². The molecule has 2 aromatic heterocycles. The van der Waals surface area contributed by atoms with Crippen molar-refractivity contribution in [1.29, 1.82) is 0 Å². The first-order chi connectivity index (χ1) is 9.19. The number of thiophene rings is 1. The smallest absolute Gasteiger partial charge is 0.251 e. The topological polar surface area (TPSA) is 42.0 Å². The minimum atomic E-state index is -0.101. The number of nitrogens with zero attached hydrogens (tertiary/aromatic N) is 1. The Labute approximate surface area is 121 Å². The number of aryl methyl sites for hydroxylation is 1. The minimum Gasteiger partial charge on any atom is -0.352 e. The van der Waals surface area contributed by atoms with Crippen LogP contribution < -0.4 is 5.32 Å². The molecule has 100 valence electrons. The SMILES string of the molecule is CCc1cc(C(=O)NCCc2cccs2)cc(Cl)n1. The molecule has 0 bridgehead atoms. The van der Waals surface area contributed by atoms with E-state index in [0.29, 0.717) is 17.3 Å². The third kappa shape index (κ3) is 4.04. The van der Waals surface area contributed by atoms with Crippen molar-refractivity contribution in [1.82, 2.24) is 10.3 Å². The van der Waals surface area contributed by atoms with Crippen molar-refractivity contribution in [3.63, 3.8) is 0 Å². The van der Waals surface area contributed by atoms with Crippen molar-refractivity contribution < 1.29 is 4.79 Å². The van der Waals surface area contributed by atoms with Crippen LogP contribution in [0.15, 0.2) is 29.6 Å². The minimum absolute atomic E-state index is 0.101. The molecule has 0 fully saturated rings. The van der Waals surface area contributed by atoms with Gasteiger partial charge in [0.2, 0.25) is 0 Å². The molecule has 5 heteroatoms. The Hall–Kier alpha value is -1.39. The molecular weight excluding hydrogens is 280 g/mol. The largest absolute Gasteiger partial charge is 0.352 e. The van der Waals surface area contributed by atoms with E-state index in [0.717, 1.165) is 18.5 Å². The molecule has 2 heterocycles. The van der Waals surface area contributed by atoms with Gasteiger partial charge in [0, 0.05) is 22.7 Å². The van der Waals surface area contributed by atoms with Crippen LogP contribution in [0.1, 0.15) is 27.9 Å². The van der Waals surface area contributed by atoms with Crippen LogP contribution in [0.3, 0.4) is 0 Å². The van der Waals surface area contributed by atoms with Crippen LogP contribution in [0.4, 0.5) is 0 Å². The van der Waals surface area contributed by atoms with E-state index in [9.17, 15) is 4.79 Å². The molecule has 0 atom stereocenters. The lowest BCUT2D eigenvalue weighted by Gasteiger charge is -2.06. The van der Waals surface area contributed by atoms with Crippen LogP contribution in [-0.4, -0.2) is 17.4 Å². The zero-order chi connectivity index (χ0) is 13.7. The summed E-state index contributed by atoms with van der Waals surface area (Å²) in [5, 5.41) is 5.30. The monoisotopic (exact) mass is 294 g/mol. The first-order valence-electron chi connectivity index (χ1n) is 6.16. The molecule has 0 aliphatic rings. The third-order valence-corrected chi connectivity index (χ3v) is 3.84. The van der Waals surface area contributed by atoms with E-state index >= 15 is 0 Å². The first-order valence-corrected chi connectivity index (χ1v) is 7.42. The molecule has 0 aliphatic carbocycles. The summed E-state index contributed by atoms with van der Waals surface area (Å²) in [7, 11) is 0. The van der Waals surface area contributed by atoms with Crippen LogP contribution in [0, 0.1) is 0 Å². The number of hydrogen-bond donors (Lipinski definition) is 1. The number of halogens is 1. The van der Waals surface area contributed by atoms with Gasteiger partial charge in [-0.1, -0.05) is 24.6 Å². The van der Waals surface area contributed by atoms with Gasteiger partial charge in [-0.25, -0.2) is 4.98 Å². The van der Waals surface area contributed by atoms with Crippen LogP contribution in [0.2, 0.25) is 5.15 Å². The second-order valence-electron chi connectivity index (χ2n) is 4.11. The van der Waals surface area contributed by atoms with Gasteiger partial charge in [0.25, 0.3) is 5.91 Å².